The van der Waals surface area contributed by atoms with Gasteiger partial charge in [0, 0.05) is 60.6 Å². The molecule has 0 amide bonds. The summed E-state index contributed by atoms with van der Waals surface area (Å²) >= 11 is 11.5. The van der Waals surface area contributed by atoms with E-state index in [9.17, 15) is 0 Å². The predicted octanol–water partition coefficient (Wildman–Crippen LogP) is 11.4. The van der Waals surface area contributed by atoms with Crippen LogP contribution in [0.25, 0.3) is 39.0 Å². The summed E-state index contributed by atoms with van der Waals surface area (Å²) in [5.74, 6) is 1.35. The summed E-state index contributed by atoms with van der Waals surface area (Å²) in [6, 6.07) is 27.3. The summed E-state index contributed by atoms with van der Waals surface area (Å²) in [4.78, 5) is 14.2. The van der Waals surface area contributed by atoms with E-state index in [0.717, 1.165) is 0 Å². The van der Waals surface area contributed by atoms with Crippen LogP contribution in [0.4, 0.5) is 0 Å². The van der Waals surface area contributed by atoms with Gasteiger partial charge >= 0.3 is 0 Å². The maximum absolute atomic E-state index is 2.39. The van der Waals surface area contributed by atoms with E-state index in [-0.39, 0.29) is 0 Å². The molecule has 168 valence electrons. The highest BCUT2D eigenvalue weighted by Gasteiger charge is 2.35. The molecule has 1 saturated carbocycles. The van der Waals surface area contributed by atoms with Gasteiger partial charge in [0.15, 0.2) is 0 Å². The lowest BCUT2D eigenvalue weighted by molar-refractivity contribution is 0.356. The van der Waals surface area contributed by atoms with E-state index >= 15 is 0 Å². The zero-order valence-corrected chi connectivity index (χ0v) is 23.0. The molecule has 0 spiro atoms. The first-order valence-electron chi connectivity index (χ1n) is 11.3. The molecule has 1 aliphatic rings. The van der Waals surface area contributed by atoms with Gasteiger partial charge < -0.3 is 0 Å². The van der Waals surface area contributed by atoms with Gasteiger partial charge in [-0.1, -0.05) is 12.1 Å². The molecule has 0 aliphatic heterocycles. The summed E-state index contributed by atoms with van der Waals surface area (Å²) in [5, 5.41) is 4.32. The van der Waals surface area contributed by atoms with Crippen LogP contribution in [0.1, 0.15) is 34.4 Å². The van der Waals surface area contributed by atoms with Gasteiger partial charge in [-0.05, 0) is 84.3 Å². The number of thiophene rings is 6. The van der Waals surface area contributed by atoms with Gasteiger partial charge in [-0.2, -0.15) is 0 Å². The Morgan fingerprint density at radius 3 is 1.18 bits per heavy atom. The molecule has 0 saturated heterocycles. The van der Waals surface area contributed by atoms with Crippen molar-refractivity contribution in [2.45, 2.75) is 24.7 Å². The fraction of sp³-hybridized carbons (Fsp3) is 0.143. The van der Waals surface area contributed by atoms with Crippen LogP contribution in [0.2, 0.25) is 0 Å². The molecule has 1 aliphatic carbocycles. The Hall–Kier alpha value is -1.80. The lowest BCUT2D eigenvalue weighted by Crippen LogP contribution is -2.19. The normalized spacial score (nSPS) is 17.8. The Morgan fingerprint density at radius 1 is 0.412 bits per heavy atom. The second kappa shape index (κ2) is 9.01. The highest BCUT2D eigenvalue weighted by molar-refractivity contribution is 7.27. The Balaban J connectivity index is 1.09. The molecule has 0 bridgehead atoms. The highest BCUT2D eigenvalue weighted by Crippen LogP contribution is 2.54. The zero-order valence-electron chi connectivity index (χ0n) is 18.1. The van der Waals surface area contributed by atoms with Crippen molar-refractivity contribution in [3.63, 3.8) is 0 Å². The largest absolute Gasteiger partial charge is 0.143 e. The van der Waals surface area contributed by atoms with Crippen molar-refractivity contribution in [2.75, 3.05) is 0 Å². The quantitative estimate of drug-likeness (QED) is 0.194. The summed E-state index contributed by atoms with van der Waals surface area (Å²) < 4.78 is 0. The average molecular weight is 549 g/mol. The van der Waals surface area contributed by atoms with Crippen molar-refractivity contribution >= 4 is 68.0 Å². The predicted molar refractivity (Wildman–Crippen MR) is 157 cm³/mol. The molecule has 2 atom stereocenters. The minimum absolute atomic E-state index is 0.673. The average Bonchev–Trinajstić information content (AvgIpc) is 3.64. The van der Waals surface area contributed by atoms with Crippen molar-refractivity contribution in [1.29, 1.82) is 0 Å². The first kappa shape index (κ1) is 21.5. The van der Waals surface area contributed by atoms with Gasteiger partial charge in [-0.25, -0.2) is 0 Å². The van der Waals surface area contributed by atoms with E-state index in [1.165, 1.54) is 51.9 Å². The van der Waals surface area contributed by atoms with Gasteiger partial charge in [0.1, 0.15) is 0 Å². The minimum atomic E-state index is 0.673. The maximum Gasteiger partial charge on any atom is 0.0449 e. The van der Waals surface area contributed by atoms with Gasteiger partial charge in [0.05, 0.1) is 0 Å². The van der Waals surface area contributed by atoms with Crippen LogP contribution < -0.4 is 0 Å². The van der Waals surface area contributed by atoms with Crippen LogP contribution in [-0.2, 0) is 0 Å². The lowest BCUT2D eigenvalue weighted by atomic mass is 9.72. The smallest absolute Gasteiger partial charge is 0.0449 e. The van der Waals surface area contributed by atoms with Crippen molar-refractivity contribution in [2.24, 2.45) is 0 Å². The second-order valence-corrected chi connectivity index (χ2v) is 14.8. The van der Waals surface area contributed by atoms with E-state index in [1.54, 1.807) is 9.75 Å². The lowest BCUT2D eigenvalue weighted by Gasteiger charge is -2.35. The van der Waals surface area contributed by atoms with Gasteiger partial charge in [0.2, 0.25) is 0 Å². The first-order valence-corrected chi connectivity index (χ1v) is 16.3. The first-order chi connectivity index (χ1) is 16.8. The minimum Gasteiger partial charge on any atom is -0.143 e. The van der Waals surface area contributed by atoms with E-state index in [4.69, 9.17) is 0 Å². The fourth-order valence-corrected chi connectivity index (χ4v) is 10.9. The van der Waals surface area contributed by atoms with Crippen molar-refractivity contribution in [3.05, 3.63) is 93.3 Å². The molecule has 6 aromatic heterocycles. The molecule has 6 heterocycles. The SMILES string of the molecule is c1csc(-c2ccc(-c3ccc([C@H]4CC[C@@H]4c4ccc(-c5ccc(-c6cccs6)s5)s4)s3)s2)c1. The molecule has 34 heavy (non-hydrogen) atoms. The van der Waals surface area contributed by atoms with E-state index in [0.29, 0.717) is 11.8 Å². The molecular formula is C28H20S6. The van der Waals surface area contributed by atoms with Crippen LogP contribution in [0.15, 0.2) is 83.6 Å². The Morgan fingerprint density at radius 2 is 0.794 bits per heavy atom. The van der Waals surface area contributed by atoms with E-state index < -0.39 is 0 Å². The molecule has 0 nitrogen and oxygen atoms in total. The van der Waals surface area contributed by atoms with Crippen molar-refractivity contribution in [3.8, 4) is 39.0 Å². The Bertz CT molecular complexity index is 1400. The third kappa shape index (κ3) is 3.91. The summed E-state index contributed by atoms with van der Waals surface area (Å²) in [6.45, 7) is 0. The van der Waals surface area contributed by atoms with Crippen LogP contribution in [-0.4, -0.2) is 0 Å². The molecule has 7 rings (SSSR count). The Kier molecular flexibility index (Phi) is 5.69. The number of hydrogen-bond acceptors (Lipinski definition) is 6. The molecule has 6 heteroatoms. The van der Waals surface area contributed by atoms with Crippen LogP contribution >= 0.6 is 68.0 Å². The monoisotopic (exact) mass is 548 g/mol. The van der Waals surface area contributed by atoms with Crippen LogP contribution in [0, 0.1) is 0 Å². The maximum atomic E-state index is 2.39. The van der Waals surface area contributed by atoms with E-state index in [2.05, 4.69) is 83.6 Å². The molecule has 1 fully saturated rings. The molecular weight excluding hydrogens is 529 g/mol. The zero-order chi connectivity index (χ0) is 22.5. The number of hydrogen-bond donors (Lipinski definition) is 0. The standard InChI is InChI=1S/C28H20S6/c1-3-21(29-15-1)23-11-13-27(33-23)25-9-7-19(31-25)17-5-6-18(17)20-8-10-26(32-20)28-14-12-24(34-28)22-4-2-16-30-22/h1-4,7-18H,5-6H2/t17-,18-/m0/s1. The topological polar surface area (TPSA) is 0 Å². The number of rotatable bonds is 6. The fourth-order valence-electron chi connectivity index (χ4n) is 4.59. The van der Waals surface area contributed by atoms with Crippen molar-refractivity contribution < 1.29 is 0 Å². The van der Waals surface area contributed by atoms with Gasteiger partial charge in [-0.3, -0.25) is 0 Å². The van der Waals surface area contributed by atoms with E-state index in [1.807, 2.05) is 68.0 Å². The van der Waals surface area contributed by atoms with Gasteiger partial charge in [0.25, 0.3) is 0 Å². The second-order valence-electron chi connectivity index (χ2n) is 8.48. The summed E-state index contributed by atoms with van der Waals surface area (Å²) in [6.07, 6.45) is 2.62. The molecule has 0 radical (unpaired) electrons. The van der Waals surface area contributed by atoms with Crippen LogP contribution in [0.3, 0.4) is 0 Å². The molecule has 0 N–H and O–H groups in total. The van der Waals surface area contributed by atoms with Crippen molar-refractivity contribution in [1.82, 2.24) is 0 Å². The highest BCUT2D eigenvalue weighted by atomic mass is 32.1. The molecule has 6 aromatic rings. The molecule has 0 unspecified atom stereocenters. The summed E-state index contributed by atoms with van der Waals surface area (Å²) in [5.41, 5.74) is 0. The third-order valence-electron chi connectivity index (χ3n) is 6.48. The molecule has 0 aromatic carbocycles. The summed E-state index contributed by atoms with van der Waals surface area (Å²) in [7, 11) is 0. The third-order valence-corrected chi connectivity index (χ3v) is 13.6. The van der Waals surface area contributed by atoms with Crippen LogP contribution in [0.5, 0.6) is 0 Å². The van der Waals surface area contributed by atoms with Gasteiger partial charge in [-0.15, -0.1) is 68.0 Å². The Labute approximate surface area is 223 Å².